The second-order valence-electron chi connectivity index (χ2n) is 6.83. The Labute approximate surface area is 169 Å². The van der Waals surface area contributed by atoms with Gasteiger partial charge in [0.15, 0.2) is 0 Å². The van der Waals surface area contributed by atoms with Gasteiger partial charge in [0.1, 0.15) is 17.3 Å². The molecule has 1 aromatic heterocycles. The fraction of sp³-hybridized carbons (Fsp3) is 0.421. The van der Waals surface area contributed by atoms with Crippen molar-refractivity contribution in [3.8, 4) is 22.8 Å². The SMILES string of the molecule is CC(C)N1CCN(c2cc(-c3cc(F)cc(Br)c3O)cnc2OC(F)F)CC1. The average Bonchev–Trinajstić information content (AvgIpc) is 2.64. The summed E-state index contributed by atoms with van der Waals surface area (Å²) in [4.78, 5) is 8.22. The first-order valence-electron chi connectivity index (χ1n) is 8.88. The smallest absolute Gasteiger partial charge is 0.388 e. The standard InChI is InChI=1S/C19H21BrF3N3O2/c1-11(2)25-3-5-26(6-4-25)16-7-12(10-24-18(16)28-19(22)23)14-8-13(21)9-15(20)17(14)27/h7-11,19,27H,3-6H2,1-2H3. The summed E-state index contributed by atoms with van der Waals surface area (Å²) in [6.07, 6.45) is 1.28. The molecule has 0 spiro atoms. The zero-order chi connectivity index (χ0) is 20.4. The molecule has 3 rings (SSSR count). The van der Waals surface area contributed by atoms with Gasteiger partial charge < -0.3 is 14.7 Å². The lowest BCUT2D eigenvalue weighted by molar-refractivity contribution is -0.0525. The third kappa shape index (κ3) is 4.52. The van der Waals surface area contributed by atoms with Crippen molar-refractivity contribution >= 4 is 21.6 Å². The van der Waals surface area contributed by atoms with Crippen LogP contribution in [-0.2, 0) is 0 Å². The molecule has 5 nitrogen and oxygen atoms in total. The molecule has 0 aliphatic carbocycles. The topological polar surface area (TPSA) is 48.8 Å². The molecule has 28 heavy (non-hydrogen) atoms. The Bertz CT molecular complexity index is 843. The van der Waals surface area contributed by atoms with Crippen LogP contribution in [0.15, 0.2) is 28.9 Å². The fourth-order valence-corrected chi connectivity index (χ4v) is 3.69. The van der Waals surface area contributed by atoms with Gasteiger partial charge in [-0.3, -0.25) is 4.90 Å². The van der Waals surface area contributed by atoms with E-state index < -0.39 is 12.4 Å². The number of piperazine rings is 1. The van der Waals surface area contributed by atoms with Crippen LogP contribution in [0.3, 0.4) is 0 Å². The number of ether oxygens (including phenoxy) is 1. The molecule has 1 aliphatic rings. The first-order valence-corrected chi connectivity index (χ1v) is 9.67. The molecule has 1 aliphatic heterocycles. The maximum absolute atomic E-state index is 13.8. The molecule has 1 N–H and O–H groups in total. The molecule has 1 aromatic carbocycles. The highest BCUT2D eigenvalue weighted by Crippen LogP contribution is 2.39. The number of phenols is 1. The van der Waals surface area contributed by atoms with Gasteiger partial charge in [-0.15, -0.1) is 0 Å². The second-order valence-corrected chi connectivity index (χ2v) is 7.68. The van der Waals surface area contributed by atoms with Crippen molar-refractivity contribution in [3.63, 3.8) is 0 Å². The Morgan fingerprint density at radius 3 is 2.43 bits per heavy atom. The molecule has 0 radical (unpaired) electrons. The number of anilines is 1. The molecule has 0 unspecified atom stereocenters. The average molecular weight is 460 g/mol. The summed E-state index contributed by atoms with van der Waals surface area (Å²) in [7, 11) is 0. The van der Waals surface area contributed by atoms with E-state index in [1.807, 2.05) is 4.90 Å². The van der Waals surface area contributed by atoms with Gasteiger partial charge in [0.05, 0.1) is 4.47 Å². The van der Waals surface area contributed by atoms with Crippen molar-refractivity contribution in [1.29, 1.82) is 0 Å². The highest BCUT2D eigenvalue weighted by atomic mass is 79.9. The molecule has 1 saturated heterocycles. The van der Waals surface area contributed by atoms with Gasteiger partial charge in [-0.2, -0.15) is 8.78 Å². The van der Waals surface area contributed by atoms with E-state index in [0.29, 0.717) is 30.4 Å². The second kappa shape index (κ2) is 8.57. The van der Waals surface area contributed by atoms with E-state index in [4.69, 9.17) is 0 Å². The zero-order valence-corrected chi connectivity index (χ0v) is 17.1. The number of aromatic nitrogens is 1. The summed E-state index contributed by atoms with van der Waals surface area (Å²) in [6, 6.07) is 4.30. The number of pyridine rings is 1. The van der Waals surface area contributed by atoms with Crippen LogP contribution in [0.25, 0.3) is 11.1 Å². The van der Waals surface area contributed by atoms with Crippen molar-refractivity contribution in [2.24, 2.45) is 0 Å². The van der Waals surface area contributed by atoms with E-state index in [0.717, 1.165) is 19.2 Å². The Hall–Kier alpha value is -2.00. The lowest BCUT2D eigenvalue weighted by atomic mass is 10.1. The van der Waals surface area contributed by atoms with Crippen LogP contribution in [-0.4, -0.2) is 53.8 Å². The number of aromatic hydroxyl groups is 1. The molecule has 0 bridgehead atoms. The predicted octanol–water partition coefficient (Wildman–Crippen LogP) is 4.49. The number of phenolic OH excluding ortho intramolecular Hbond substituents is 1. The minimum Gasteiger partial charge on any atom is -0.506 e. The largest absolute Gasteiger partial charge is 0.506 e. The van der Waals surface area contributed by atoms with Crippen molar-refractivity contribution in [2.45, 2.75) is 26.5 Å². The summed E-state index contributed by atoms with van der Waals surface area (Å²) in [5.74, 6) is -0.882. The monoisotopic (exact) mass is 459 g/mol. The van der Waals surface area contributed by atoms with Gasteiger partial charge in [0.2, 0.25) is 5.88 Å². The molecule has 1 fully saturated rings. The third-order valence-corrected chi connectivity index (χ3v) is 5.36. The summed E-state index contributed by atoms with van der Waals surface area (Å²) >= 11 is 3.11. The van der Waals surface area contributed by atoms with Crippen LogP contribution in [0, 0.1) is 5.82 Å². The number of alkyl halides is 2. The number of hydrogen-bond acceptors (Lipinski definition) is 5. The third-order valence-electron chi connectivity index (χ3n) is 4.76. The van der Waals surface area contributed by atoms with E-state index in [1.165, 1.54) is 12.3 Å². The fourth-order valence-electron chi connectivity index (χ4n) is 3.25. The van der Waals surface area contributed by atoms with Crippen LogP contribution in [0.4, 0.5) is 18.9 Å². The number of halogens is 4. The van der Waals surface area contributed by atoms with Crippen LogP contribution < -0.4 is 9.64 Å². The zero-order valence-electron chi connectivity index (χ0n) is 15.5. The molecule has 2 aromatic rings. The lowest BCUT2D eigenvalue weighted by Crippen LogP contribution is -2.49. The molecule has 9 heteroatoms. The summed E-state index contributed by atoms with van der Waals surface area (Å²) < 4.78 is 44.3. The maximum atomic E-state index is 13.8. The van der Waals surface area contributed by atoms with E-state index in [2.05, 4.69) is 44.4 Å². The summed E-state index contributed by atoms with van der Waals surface area (Å²) in [6.45, 7) is 3.97. The van der Waals surface area contributed by atoms with E-state index in [1.54, 1.807) is 6.07 Å². The van der Waals surface area contributed by atoms with Crippen LogP contribution in [0.1, 0.15) is 13.8 Å². The Morgan fingerprint density at radius 2 is 1.82 bits per heavy atom. The molecule has 0 saturated carbocycles. The molecular formula is C19H21BrF3N3O2. The molecular weight excluding hydrogens is 439 g/mol. The highest BCUT2D eigenvalue weighted by Gasteiger charge is 2.24. The van der Waals surface area contributed by atoms with Gasteiger partial charge in [-0.25, -0.2) is 9.37 Å². The quantitative estimate of drug-likeness (QED) is 0.713. The van der Waals surface area contributed by atoms with Crippen LogP contribution in [0.2, 0.25) is 0 Å². The van der Waals surface area contributed by atoms with Gasteiger partial charge >= 0.3 is 6.61 Å². The van der Waals surface area contributed by atoms with Crippen LogP contribution >= 0.6 is 15.9 Å². The van der Waals surface area contributed by atoms with Gasteiger partial charge in [0.25, 0.3) is 0 Å². The van der Waals surface area contributed by atoms with Gasteiger partial charge in [0, 0.05) is 49.5 Å². The first-order chi connectivity index (χ1) is 13.3. The van der Waals surface area contributed by atoms with Crippen LogP contribution in [0.5, 0.6) is 11.6 Å². The summed E-state index contributed by atoms with van der Waals surface area (Å²) in [5.41, 5.74) is 1.01. The number of rotatable bonds is 5. The van der Waals surface area contributed by atoms with Crippen molar-refractivity contribution < 1.29 is 23.0 Å². The summed E-state index contributed by atoms with van der Waals surface area (Å²) in [5, 5.41) is 10.3. The molecule has 152 valence electrons. The predicted molar refractivity (Wildman–Crippen MR) is 105 cm³/mol. The minimum absolute atomic E-state index is 0.152. The number of nitrogens with zero attached hydrogens (tertiary/aromatic N) is 3. The molecule has 0 amide bonds. The molecule has 0 atom stereocenters. The number of hydrogen-bond donors (Lipinski definition) is 1. The van der Waals surface area contributed by atoms with Crippen molar-refractivity contribution in [3.05, 3.63) is 34.7 Å². The number of benzene rings is 1. The van der Waals surface area contributed by atoms with E-state index in [-0.39, 0.29) is 21.7 Å². The van der Waals surface area contributed by atoms with Crippen molar-refractivity contribution in [2.75, 3.05) is 31.1 Å². The van der Waals surface area contributed by atoms with Crippen molar-refractivity contribution in [1.82, 2.24) is 9.88 Å². The normalized spacial score (nSPS) is 15.5. The lowest BCUT2D eigenvalue weighted by Gasteiger charge is -2.38. The van der Waals surface area contributed by atoms with E-state index >= 15 is 0 Å². The highest BCUT2D eigenvalue weighted by molar-refractivity contribution is 9.10. The Balaban J connectivity index is 1.99. The minimum atomic E-state index is -3.01. The molecule has 2 heterocycles. The van der Waals surface area contributed by atoms with Gasteiger partial charge in [-0.1, -0.05) is 0 Å². The van der Waals surface area contributed by atoms with Gasteiger partial charge in [-0.05, 0) is 48.0 Å². The Morgan fingerprint density at radius 1 is 1.14 bits per heavy atom. The maximum Gasteiger partial charge on any atom is 0.388 e. The Kier molecular flexibility index (Phi) is 6.34. The van der Waals surface area contributed by atoms with E-state index in [9.17, 15) is 18.3 Å². The first kappa shape index (κ1) is 20.7.